The molecule has 1 heterocycles. The van der Waals surface area contributed by atoms with E-state index in [4.69, 9.17) is 9.72 Å². The summed E-state index contributed by atoms with van der Waals surface area (Å²) >= 11 is 0. The Bertz CT molecular complexity index is 1520. The van der Waals surface area contributed by atoms with E-state index >= 15 is 0 Å². The highest BCUT2D eigenvalue weighted by atomic mass is 16.5. The number of carbonyl (C=O) groups is 2. The number of fused-ring (bicyclic) bond motifs is 1. The molecule has 0 saturated heterocycles. The molecule has 0 atom stereocenters. The Balaban J connectivity index is 1.35. The third-order valence-electron chi connectivity index (χ3n) is 7.04. The number of pyridine rings is 1. The van der Waals surface area contributed by atoms with Gasteiger partial charge in [0.25, 0.3) is 5.91 Å². The molecule has 39 heavy (non-hydrogen) atoms. The van der Waals surface area contributed by atoms with E-state index in [9.17, 15) is 9.59 Å². The normalized spacial score (nSPS) is 13.8. The van der Waals surface area contributed by atoms with Crippen LogP contribution in [-0.2, 0) is 4.79 Å². The van der Waals surface area contributed by atoms with Gasteiger partial charge >= 0.3 is 0 Å². The maximum Gasteiger partial charge on any atom is 0.272 e. The van der Waals surface area contributed by atoms with Crippen molar-refractivity contribution in [3.8, 4) is 17.0 Å². The zero-order valence-corrected chi connectivity index (χ0v) is 22.2. The monoisotopic (exact) mass is 520 g/mol. The minimum Gasteiger partial charge on any atom is -0.493 e. The second kappa shape index (κ2) is 11.9. The third kappa shape index (κ3) is 5.98. The van der Waals surface area contributed by atoms with Crippen molar-refractivity contribution in [2.75, 3.05) is 11.9 Å². The predicted molar refractivity (Wildman–Crippen MR) is 155 cm³/mol. The summed E-state index contributed by atoms with van der Waals surface area (Å²) < 4.78 is 5.80. The standard InChI is InChI=1S/C32H32N4O3/c1-3-39-30-15-9-7-13-26(30)29-20-27(25-12-6-8-14-28(25)34-29)32(38)36-35-21(2)22-16-18-24(19-17-22)33-31(37)23-10-4-5-11-23/h6-9,12-20,23H,3-5,10-11H2,1-2H3,(H,33,37)(H,36,38)/b35-21+. The van der Waals surface area contributed by atoms with Crippen LogP contribution >= 0.6 is 0 Å². The summed E-state index contributed by atoms with van der Waals surface area (Å²) in [4.78, 5) is 30.6. The number of hydrogen-bond donors (Lipinski definition) is 2. The molecule has 0 unspecified atom stereocenters. The SMILES string of the molecule is CCOc1ccccc1-c1cc(C(=O)N/N=C(\C)c2ccc(NC(=O)C3CCCC3)cc2)c2ccccc2n1. The topological polar surface area (TPSA) is 92.7 Å². The number of nitrogens with zero attached hydrogens (tertiary/aromatic N) is 2. The highest BCUT2D eigenvalue weighted by Gasteiger charge is 2.22. The highest BCUT2D eigenvalue weighted by molar-refractivity contribution is 6.08. The fourth-order valence-electron chi connectivity index (χ4n) is 4.95. The van der Waals surface area contributed by atoms with Crippen LogP contribution in [0.4, 0.5) is 5.69 Å². The van der Waals surface area contributed by atoms with E-state index in [1.165, 1.54) is 0 Å². The van der Waals surface area contributed by atoms with Crippen molar-refractivity contribution >= 4 is 34.1 Å². The largest absolute Gasteiger partial charge is 0.493 e. The summed E-state index contributed by atoms with van der Waals surface area (Å²) in [6, 6.07) is 24.5. The quantitative estimate of drug-likeness (QED) is 0.203. The minimum absolute atomic E-state index is 0.0886. The van der Waals surface area contributed by atoms with Gasteiger partial charge in [0.15, 0.2) is 0 Å². The van der Waals surface area contributed by atoms with Crippen molar-refractivity contribution in [1.82, 2.24) is 10.4 Å². The first-order valence-corrected chi connectivity index (χ1v) is 13.4. The van der Waals surface area contributed by atoms with Gasteiger partial charge in [0.1, 0.15) is 5.75 Å². The maximum absolute atomic E-state index is 13.4. The van der Waals surface area contributed by atoms with Crippen molar-refractivity contribution < 1.29 is 14.3 Å². The van der Waals surface area contributed by atoms with Gasteiger partial charge in [0.2, 0.25) is 5.91 Å². The van der Waals surface area contributed by atoms with Gasteiger partial charge in [0, 0.05) is 22.6 Å². The van der Waals surface area contributed by atoms with Gasteiger partial charge in [-0.3, -0.25) is 9.59 Å². The van der Waals surface area contributed by atoms with Crippen molar-refractivity contribution in [2.45, 2.75) is 39.5 Å². The van der Waals surface area contributed by atoms with Gasteiger partial charge in [-0.15, -0.1) is 0 Å². The smallest absolute Gasteiger partial charge is 0.272 e. The minimum atomic E-state index is -0.330. The highest BCUT2D eigenvalue weighted by Crippen LogP contribution is 2.31. The molecule has 1 aliphatic carbocycles. The van der Waals surface area contributed by atoms with Crippen molar-refractivity contribution in [3.63, 3.8) is 0 Å². The van der Waals surface area contributed by atoms with Gasteiger partial charge in [0.05, 0.1) is 29.1 Å². The van der Waals surface area contributed by atoms with Gasteiger partial charge in [-0.25, -0.2) is 10.4 Å². The molecule has 2 N–H and O–H groups in total. The molecule has 1 fully saturated rings. The molecule has 0 radical (unpaired) electrons. The number of benzene rings is 3. The molecule has 4 aromatic rings. The summed E-state index contributed by atoms with van der Waals surface area (Å²) in [5, 5.41) is 8.11. The molecule has 1 aliphatic rings. The maximum atomic E-state index is 13.4. The van der Waals surface area contributed by atoms with Gasteiger partial charge in [-0.2, -0.15) is 5.10 Å². The molecule has 0 bridgehead atoms. The molecule has 1 aromatic heterocycles. The fraction of sp³-hybridized carbons (Fsp3) is 0.250. The van der Waals surface area contributed by atoms with E-state index in [0.717, 1.165) is 47.9 Å². The van der Waals surface area contributed by atoms with E-state index < -0.39 is 0 Å². The van der Waals surface area contributed by atoms with E-state index in [-0.39, 0.29) is 17.7 Å². The van der Waals surface area contributed by atoms with Gasteiger partial charge in [-0.1, -0.05) is 55.3 Å². The zero-order chi connectivity index (χ0) is 27.2. The fourth-order valence-corrected chi connectivity index (χ4v) is 4.95. The number of aromatic nitrogens is 1. The van der Waals surface area contributed by atoms with Crippen LogP contribution < -0.4 is 15.5 Å². The lowest BCUT2D eigenvalue weighted by Crippen LogP contribution is -2.20. The van der Waals surface area contributed by atoms with Crippen LogP contribution in [0.15, 0.2) is 84.0 Å². The number of rotatable bonds is 8. The molecular weight excluding hydrogens is 488 g/mol. The van der Waals surface area contributed by atoms with Crippen LogP contribution in [0.2, 0.25) is 0 Å². The Morgan fingerprint density at radius 3 is 2.46 bits per heavy atom. The first-order valence-electron chi connectivity index (χ1n) is 13.4. The number of para-hydroxylation sites is 2. The Morgan fingerprint density at radius 1 is 0.974 bits per heavy atom. The summed E-state index contributed by atoms with van der Waals surface area (Å²) in [6.45, 7) is 4.30. The number of hydrazone groups is 1. The second-order valence-electron chi connectivity index (χ2n) is 9.69. The Hall–Kier alpha value is -4.52. The first kappa shape index (κ1) is 26.1. The zero-order valence-electron chi connectivity index (χ0n) is 22.2. The lowest BCUT2D eigenvalue weighted by atomic mass is 10.0. The van der Waals surface area contributed by atoms with Crippen LogP contribution in [0.25, 0.3) is 22.2 Å². The summed E-state index contributed by atoms with van der Waals surface area (Å²) in [6.07, 6.45) is 4.16. The van der Waals surface area contributed by atoms with Crippen molar-refractivity contribution in [2.24, 2.45) is 11.0 Å². The molecule has 198 valence electrons. The molecule has 2 amide bonds. The van der Waals surface area contributed by atoms with Crippen LogP contribution in [0, 0.1) is 5.92 Å². The molecule has 0 aliphatic heterocycles. The van der Waals surface area contributed by atoms with Crippen molar-refractivity contribution in [3.05, 3.63) is 90.0 Å². The number of amides is 2. The molecular formula is C32H32N4O3. The Kier molecular flexibility index (Phi) is 7.96. The number of anilines is 1. The number of ether oxygens (including phenoxy) is 1. The predicted octanol–water partition coefficient (Wildman–Crippen LogP) is 6.58. The first-order chi connectivity index (χ1) is 19.0. The summed E-state index contributed by atoms with van der Waals surface area (Å²) in [7, 11) is 0. The molecule has 1 saturated carbocycles. The Labute approximate surface area is 228 Å². The Morgan fingerprint density at radius 2 is 1.69 bits per heavy atom. The van der Waals surface area contributed by atoms with Crippen LogP contribution in [0.1, 0.15) is 55.5 Å². The lowest BCUT2D eigenvalue weighted by Gasteiger charge is -2.13. The molecule has 7 nitrogen and oxygen atoms in total. The average molecular weight is 521 g/mol. The summed E-state index contributed by atoms with van der Waals surface area (Å²) in [5.41, 5.74) is 7.63. The van der Waals surface area contributed by atoms with Crippen LogP contribution in [0.3, 0.4) is 0 Å². The van der Waals surface area contributed by atoms with E-state index in [0.29, 0.717) is 34.8 Å². The number of nitrogens with one attached hydrogen (secondary N) is 2. The van der Waals surface area contributed by atoms with Crippen LogP contribution in [-0.4, -0.2) is 29.1 Å². The van der Waals surface area contributed by atoms with Crippen LogP contribution in [0.5, 0.6) is 5.75 Å². The summed E-state index contributed by atoms with van der Waals surface area (Å²) in [5.74, 6) is 0.584. The van der Waals surface area contributed by atoms with E-state index in [2.05, 4.69) is 15.8 Å². The van der Waals surface area contributed by atoms with E-state index in [1.807, 2.05) is 86.6 Å². The molecule has 5 rings (SSSR count). The molecule has 3 aromatic carbocycles. The second-order valence-corrected chi connectivity index (χ2v) is 9.69. The average Bonchev–Trinajstić information content (AvgIpc) is 3.51. The van der Waals surface area contributed by atoms with Gasteiger partial charge in [-0.05, 0) is 68.7 Å². The number of carbonyl (C=O) groups excluding carboxylic acids is 2. The molecule has 7 heteroatoms. The third-order valence-corrected chi connectivity index (χ3v) is 7.04. The molecule has 0 spiro atoms. The van der Waals surface area contributed by atoms with Crippen molar-refractivity contribution in [1.29, 1.82) is 0 Å². The number of hydrogen-bond acceptors (Lipinski definition) is 5. The lowest BCUT2D eigenvalue weighted by molar-refractivity contribution is -0.119. The van der Waals surface area contributed by atoms with Gasteiger partial charge < -0.3 is 10.1 Å². The van der Waals surface area contributed by atoms with E-state index in [1.54, 1.807) is 6.07 Å².